The maximum atomic E-state index is 13.0. The molecule has 0 radical (unpaired) electrons. The lowest BCUT2D eigenvalue weighted by Crippen LogP contribution is -2.28. The van der Waals surface area contributed by atoms with Crippen LogP contribution >= 0.6 is 0 Å². The lowest BCUT2D eigenvalue weighted by molar-refractivity contribution is 0.0942. The minimum Gasteiger partial charge on any atom is -0.493 e. The molecule has 28 heavy (non-hydrogen) atoms. The normalized spacial score (nSPS) is 10.4. The van der Waals surface area contributed by atoms with Gasteiger partial charge >= 0.3 is 0 Å². The van der Waals surface area contributed by atoms with Gasteiger partial charge in [0.1, 0.15) is 18.2 Å². The number of ether oxygens (including phenoxy) is 2. The molecule has 6 nitrogen and oxygen atoms in total. The number of hydrogen-bond acceptors (Lipinski definition) is 5. The summed E-state index contributed by atoms with van der Waals surface area (Å²) in [5.41, 5.74) is 1.86. The minimum atomic E-state index is -0.303. The summed E-state index contributed by atoms with van der Waals surface area (Å²) in [6.07, 6.45) is 0. The second-order valence-electron chi connectivity index (χ2n) is 5.80. The van der Waals surface area contributed by atoms with Crippen LogP contribution in [0.1, 0.15) is 17.3 Å². The van der Waals surface area contributed by atoms with Gasteiger partial charge in [0.25, 0.3) is 5.91 Å². The minimum absolute atomic E-state index is 0.231. The summed E-state index contributed by atoms with van der Waals surface area (Å²) in [6.45, 7) is 2.90. The molecule has 7 heteroatoms. The Hall–Kier alpha value is -3.48. The monoisotopic (exact) mass is 381 g/mol. The van der Waals surface area contributed by atoms with Gasteiger partial charge in [-0.2, -0.15) is 0 Å². The van der Waals surface area contributed by atoms with Crippen LogP contribution in [0.4, 0.5) is 4.39 Å². The largest absolute Gasteiger partial charge is 0.493 e. The summed E-state index contributed by atoms with van der Waals surface area (Å²) < 4.78 is 23.9. The van der Waals surface area contributed by atoms with E-state index < -0.39 is 0 Å². The number of carbonyl (C=O) groups is 1. The van der Waals surface area contributed by atoms with E-state index in [1.165, 1.54) is 12.1 Å². The Balaban J connectivity index is 1.49. The molecule has 1 heterocycles. The third kappa shape index (κ3) is 5.03. The van der Waals surface area contributed by atoms with Gasteiger partial charge < -0.3 is 14.8 Å². The molecular weight excluding hydrogens is 361 g/mol. The summed E-state index contributed by atoms with van der Waals surface area (Å²) in [7, 11) is 0. The Morgan fingerprint density at radius 1 is 1.00 bits per heavy atom. The maximum absolute atomic E-state index is 13.0. The molecule has 0 saturated carbocycles. The van der Waals surface area contributed by atoms with E-state index in [4.69, 9.17) is 9.47 Å². The summed E-state index contributed by atoms with van der Waals surface area (Å²) in [5.74, 6) is 0.355. The van der Waals surface area contributed by atoms with Crippen molar-refractivity contribution in [3.8, 4) is 22.9 Å². The highest BCUT2D eigenvalue weighted by molar-refractivity contribution is 5.96. The number of carbonyl (C=O) groups excluding carboxylic acids is 1. The molecule has 3 rings (SSSR count). The molecule has 1 N–H and O–H groups in total. The predicted molar refractivity (Wildman–Crippen MR) is 103 cm³/mol. The maximum Gasteiger partial charge on any atom is 0.255 e. The molecule has 0 aliphatic carbocycles. The van der Waals surface area contributed by atoms with Crippen molar-refractivity contribution >= 4 is 5.91 Å². The first-order valence-corrected chi connectivity index (χ1v) is 8.90. The van der Waals surface area contributed by atoms with E-state index in [0.29, 0.717) is 36.0 Å². The Labute approximate surface area is 162 Å². The number of halogens is 1. The highest BCUT2D eigenvalue weighted by atomic mass is 19.1. The number of para-hydroxylation sites is 1. The van der Waals surface area contributed by atoms with Crippen molar-refractivity contribution in [1.29, 1.82) is 0 Å². The fourth-order valence-electron chi connectivity index (χ4n) is 2.52. The van der Waals surface area contributed by atoms with Crippen molar-refractivity contribution in [3.63, 3.8) is 0 Å². The van der Waals surface area contributed by atoms with E-state index in [0.717, 1.165) is 5.56 Å². The SMILES string of the molecule is CCOc1ccccc1C(=O)NCCOc1ccc(-c2ccc(F)cc2)nn1. The molecule has 0 aliphatic heterocycles. The number of hydrogen-bond donors (Lipinski definition) is 1. The Kier molecular flexibility index (Phi) is 6.51. The van der Waals surface area contributed by atoms with Crippen molar-refractivity contribution in [2.75, 3.05) is 19.8 Å². The number of aromatic nitrogens is 2. The van der Waals surface area contributed by atoms with Gasteiger partial charge in [0.15, 0.2) is 0 Å². The molecule has 1 amide bonds. The average Bonchev–Trinajstić information content (AvgIpc) is 2.73. The molecule has 0 atom stereocenters. The lowest BCUT2D eigenvalue weighted by Gasteiger charge is -2.10. The van der Waals surface area contributed by atoms with E-state index in [1.54, 1.807) is 42.5 Å². The van der Waals surface area contributed by atoms with Crippen LogP contribution in [-0.2, 0) is 0 Å². The van der Waals surface area contributed by atoms with Crippen LogP contribution in [0.25, 0.3) is 11.3 Å². The van der Waals surface area contributed by atoms with E-state index in [1.807, 2.05) is 13.0 Å². The first kappa shape index (κ1) is 19.3. The van der Waals surface area contributed by atoms with Crippen LogP contribution in [0.5, 0.6) is 11.6 Å². The van der Waals surface area contributed by atoms with Gasteiger partial charge in [-0.15, -0.1) is 10.2 Å². The molecule has 0 saturated heterocycles. The second-order valence-corrected chi connectivity index (χ2v) is 5.80. The smallest absolute Gasteiger partial charge is 0.255 e. The fraction of sp³-hybridized carbons (Fsp3) is 0.190. The predicted octanol–water partition coefficient (Wildman–Crippen LogP) is 3.49. The van der Waals surface area contributed by atoms with Crippen LogP contribution in [-0.4, -0.2) is 35.9 Å². The quantitative estimate of drug-likeness (QED) is 0.605. The lowest BCUT2D eigenvalue weighted by atomic mass is 10.1. The van der Waals surface area contributed by atoms with Gasteiger partial charge in [0, 0.05) is 11.6 Å². The van der Waals surface area contributed by atoms with Crippen LogP contribution in [0.2, 0.25) is 0 Å². The van der Waals surface area contributed by atoms with E-state index in [2.05, 4.69) is 15.5 Å². The third-order valence-electron chi connectivity index (χ3n) is 3.85. The molecule has 144 valence electrons. The second kappa shape index (κ2) is 9.45. The molecular formula is C21H20FN3O3. The van der Waals surface area contributed by atoms with Gasteiger partial charge in [-0.3, -0.25) is 4.79 Å². The Morgan fingerprint density at radius 2 is 1.79 bits per heavy atom. The van der Waals surface area contributed by atoms with E-state index in [-0.39, 0.29) is 18.3 Å². The summed E-state index contributed by atoms with van der Waals surface area (Å²) in [6, 6.07) is 16.5. The van der Waals surface area contributed by atoms with Gasteiger partial charge in [0.2, 0.25) is 5.88 Å². The number of nitrogens with one attached hydrogen (secondary N) is 1. The molecule has 0 fully saturated rings. The molecule has 0 bridgehead atoms. The summed E-state index contributed by atoms with van der Waals surface area (Å²) in [5, 5.41) is 10.8. The molecule has 0 aliphatic rings. The molecule has 0 spiro atoms. The van der Waals surface area contributed by atoms with E-state index >= 15 is 0 Å². The van der Waals surface area contributed by atoms with Crippen LogP contribution < -0.4 is 14.8 Å². The Bertz CT molecular complexity index is 915. The average molecular weight is 381 g/mol. The molecule has 2 aromatic carbocycles. The standard InChI is InChI=1S/C21H20FN3O3/c1-2-27-19-6-4-3-5-17(19)21(26)23-13-14-28-20-12-11-18(24-25-20)15-7-9-16(22)10-8-15/h3-12H,2,13-14H2,1H3,(H,23,26). The zero-order chi connectivity index (χ0) is 19.8. The van der Waals surface area contributed by atoms with E-state index in [9.17, 15) is 9.18 Å². The molecule has 0 unspecified atom stereocenters. The number of benzene rings is 2. The van der Waals surface area contributed by atoms with Gasteiger partial charge in [-0.1, -0.05) is 12.1 Å². The number of nitrogens with zero attached hydrogens (tertiary/aromatic N) is 2. The number of amides is 1. The number of rotatable bonds is 8. The molecule has 3 aromatic rings. The van der Waals surface area contributed by atoms with Crippen LogP contribution in [0, 0.1) is 5.82 Å². The molecule has 1 aromatic heterocycles. The van der Waals surface area contributed by atoms with Gasteiger partial charge in [0.05, 0.1) is 24.4 Å². The highest BCUT2D eigenvalue weighted by Crippen LogP contribution is 2.19. The fourth-order valence-corrected chi connectivity index (χ4v) is 2.52. The zero-order valence-electron chi connectivity index (χ0n) is 15.4. The van der Waals surface area contributed by atoms with Gasteiger partial charge in [-0.25, -0.2) is 4.39 Å². The topological polar surface area (TPSA) is 73.3 Å². The first-order valence-electron chi connectivity index (χ1n) is 8.90. The third-order valence-corrected chi connectivity index (χ3v) is 3.85. The van der Waals surface area contributed by atoms with Crippen molar-refractivity contribution in [2.24, 2.45) is 0 Å². The van der Waals surface area contributed by atoms with Crippen LogP contribution in [0.15, 0.2) is 60.7 Å². The van der Waals surface area contributed by atoms with Crippen molar-refractivity contribution in [2.45, 2.75) is 6.92 Å². The Morgan fingerprint density at radius 3 is 2.50 bits per heavy atom. The van der Waals surface area contributed by atoms with Gasteiger partial charge in [-0.05, 0) is 49.4 Å². The van der Waals surface area contributed by atoms with Crippen molar-refractivity contribution in [1.82, 2.24) is 15.5 Å². The van der Waals surface area contributed by atoms with Crippen LogP contribution in [0.3, 0.4) is 0 Å². The zero-order valence-corrected chi connectivity index (χ0v) is 15.4. The first-order chi connectivity index (χ1) is 13.7. The van der Waals surface area contributed by atoms with Crippen molar-refractivity contribution < 1.29 is 18.7 Å². The van der Waals surface area contributed by atoms with Crippen molar-refractivity contribution in [3.05, 3.63) is 72.0 Å². The summed E-state index contributed by atoms with van der Waals surface area (Å²) in [4.78, 5) is 12.3. The summed E-state index contributed by atoms with van der Waals surface area (Å²) >= 11 is 0. The highest BCUT2D eigenvalue weighted by Gasteiger charge is 2.11.